The van der Waals surface area contributed by atoms with Crippen LogP contribution in [0, 0.1) is 0 Å². The van der Waals surface area contributed by atoms with E-state index < -0.39 is 18.3 Å². The minimum Gasteiger partial charge on any atom is -0.481 e. The van der Waals surface area contributed by atoms with E-state index in [4.69, 9.17) is 5.11 Å². The second-order valence-electron chi connectivity index (χ2n) is 3.86. The highest BCUT2D eigenvalue weighted by atomic mass is 32.1. The average molecular weight is 239 g/mol. The van der Waals surface area contributed by atoms with Gasteiger partial charge in [-0.05, 0) is 30.9 Å². The summed E-state index contributed by atoms with van der Waals surface area (Å²) in [6.07, 6.45) is 3.05. The third-order valence-electron chi connectivity index (χ3n) is 2.57. The van der Waals surface area contributed by atoms with Crippen molar-refractivity contribution in [3.05, 3.63) is 21.4 Å². The maximum absolute atomic E-state index is 11.1. The number of nitrogens with one attached hydrogen (secondary N) is 1. The molecule has 0 saturated heterocycles. The predicted molar refractivity (Wildman–Crippen MR) is 60.4 cm³/mol. The molecule has 16 heavy (non-hydrogen) atoms. The number of amides is 1. The number of aryl methyl sites for hydroxylation is 2. The SMILES string of the molecule is O=C(O)CC(=O)NCc1cc2c(s1)CCC2. The van der Waals surface area contributed by atoms with Gasteiger partial charge in [-0.1, -0.05) is 0 Å². The van der Waals surface area contributed by atoms with Gasteiger partial charge < -0.3 is 10.4 Å². The van der Waals surface area contributed by atoms with Gasteiger partial charge in [0.2, 0.25) is 5.91 Å². The van der Waals surface area contributed by atoms with Gasteiger partial charge in [0.15, 0.2) is 0 Å². The van der Waals surface area contributed by atoms with Crippen molar-refractivity contribution < 1.29 is 14.7 Å². The van der Waals surface area contributed by atoms with E-state index in [0.29, 0.717) is 6.54 Å². The fourth-order valence-corrected chi connectivity index (χ4v) is 3.06. The molecule has 1 aliphatic rings. The molecular formula is C11H13NO3S. The molecule has 0 aliphatic heterocycles. The summed E-state index contributed by atoms with van der Waals surface area (Å²) >= 11 is 1.72. The van der Waals surface area contributed by atoms with Crippen molar-refractivity contribution in [2.45, 2.75) is 32.2 Å². The number of carbonyl (C=O) groups is 2. The van der Waals surface area contributed by atoms with Gasteiger partial charge in [0.1, 0.15) is 6.42 Å². The maximum Gasteiger partial charge on any atom is 0.312 e. The molecular weight excluding hydrogens is 226 g/mol. The molecule has 1 heterocycles. The van der Waals surface area contributed by atoms with Gasteiger partial charge in [-0.25, -0.2) is 0 Å². The molecule has 4 nitrogen and oxygen atoms in total. The lowest BCUT2D eigenvalue weighted by Crippen LogP contribution is -2.24. The third-order valence-corrected chi connectivity index (χ3v) is 3.81. The number of carboxylic acid groups (broad SMARTS) is 1. The molecule has 86 valence electrons. The molecule has 0 unspecified atom stereocenters. The zero-order chi connectivity index (χ0) is 11.5. The van der Waals surface area contributed by atoms with Crippen LogP contribution in [-0.2, 0) is 29.0 Å². The van der Waals surface area contributed by atoms with E-state index in [1.54, 1.807) is 11.3 Å². The average Bonchev–Trinajstić information content (AvgIpc) is 2.72. The summed E-state index contributed by atoms with van der Waals surface area (Å²) in [5.41, 5.74) is 1.40. The van der Waals surface area contributed by atoms with Crippen LogP contribution in [0.1, 0.15) is 28.2 Å². The standard InChI is InChI=1S/C11H13NO3S/c13-10(5-11(14)15)12-6-8-4-7-2-1-3-9(7)16-8/h4H,1-3,5-6H2,(H,12,13)(H,14,15). The van der Waals surface area contributed by atoms with Crippen molar-refractivity contribution in [2.75, 3.05) is 0 Å². The molecule has 1 aliphatic carbocycles. The lowest BCUT2D eigenvalue weighted by atomic mass is 10.2. The first-order chi connectivity index (χ1) is 7.65. The Kier molecular flexibility index (Phi) is 3.24. The number of hydrogen-bond acceptors (Lipinski definition) is 3. The van der Waals surface area contributed by atoms with Gasteiger partial charge in [-0.2, -0.15) is 0 Å². The Morgan fingerprint density at radius 3 is 2.94 bits per heavy atom. The van der Waals surface area contributed by atoms with Gasteiger partial charge >= 0.3 is 5.97 Å². The molecule has 0 fully saturated rings. The van der Waals surface area contributed by atoms with Crippen LogP contribution >= 0.6 is 11.3 Å². The smallest absolute Gasteiger partial charge is 0.312 e. The first-order valence-electron chi connectivity index (χ1n) is 5.24. The molecule has 1 aromatic heterocycles. The summed E-state index contributed by atoms with van der Waals surface area (Å²) in [4.78, 5) is 23.9. The fourth-order valence-electron chi connectivity index (χ4n) is 1.86. The number of carboxylic acids is 1. The molecule has 5 heteroatoms. The van der Waals surface area contributed by atoms with E-state index in [0.717, 1.165) is 17.7 Å². The topological polar surface area (TPSA) is 66.4 Å². The highest BCUT2D eigenvalue weighted by molar-refractivity contribution is 7.12. The van der Waals surface area contributed by atoms with Crippen LogP contribution in [0.2, 0.25) is 0 Å². The number of fused-ring (bicyclic) bond motifs is 1. The summed E-state index contributed by atoms with van der Waals surface area (Å²) in [5.74, 6) is -1.52. The second-order valence-corrected chi connectivity index (χ2v) is 5.08. The van der Waals surface area contributed by atoms with Crippen LogP contribution in [0.5, 0.6) is 0 Å². The van der Waals surface area contributed by atoms with Gasteiger partial charge in [0, 0.05) is 9.75 Å². The maximum atomic E-state index is 11.1. The fraction of sp³-hybridized carbons (Fsp3) is 0.455. The van der Waals surface area contributed by atoms with E-state index >= 15 is 0 Å². The highest BCUT2D eigenvalue weighted by Crippen LogP contribution is 2.30. The van der Waals surface area contributed by atoms with Crippen LogP contribution in [0.15, 0.2) is 6.07 Å². The number of aliphatic carboxylic acids is 1. The second kappa shape index (κ2) is 4.65. The monoisotopic (exact) mass is 239 g/mol. The Labute approximate surface area is 97.3 Å². The van der Waals surface area contributed by atoms with Crippen LogP contribution in [0.25, 0.3) is 0 Å². The normalized spacial score (nSPS) is 13.5. The zero-order valence-corrected chi connectivity index (χ0v) is 9.60. The molecule has 0 radical (unpaired) electrons. The van der Waals surface area contributed by atoms with E-state index in [1.165, 1.54) is 16.9 Å². The van der Waals surface area contributed by atoms with Crippen LogP contribution in [0.3, 0.4) is 0 Å². The molecule has 0 saturated carbocycles. The molecule has 0 atom stereocenters. The third kappa shape index (κ3) is 2.61. The number of carbonyl (C=O) groups excluding carboxylic acids is 1. The van der Waals surface area contributed by atoms with Crippen molar-refractivity contribution in [2.24, 2.45) is 0 Å². The number of rotatable bonds is 4. The lowest BCUT2D eigenvalue weighted by molar-refractivity contribution is -0.140. The van der Waals surface area contributed by atoms with Crippen molar-refractivity contribution in [1.29, 1.82) is 0 Å². The molecule has 0 spiro atoms. The van der Waals surface area contributed by atoms with E-state index in [2.05, 4.69) is 11.4 Å². The summed E-state index contributed by atoms with van der Waals surface area (Å²) in [5, 5.41) is 11.0. The van der Waals surface area contributed by atoms with Crippen LogP contribution in [-0.4, -0.2) is 17.0 Å². The molecule has 0 aromatic carbocycles. The summed E-state index contributed by atoms with van der Waals surface area (Å²) in [6.45, 7) is 0.448. The lowest BCUT2D eigenvalue weighted by Gasteiger charge is -2.00. The van der Waals surface area contributed by atoms with E-state index in [1.807, 2.05) is 0 Å². The van der Waals surface area contributed by atoms with E-state index in [-0.39, 0.29) is 0 Å². The van der Waals surface area contributed by atoms with Crippen molar-refractivity contribution in [3.63, 3.8) is 0 Å². The molecule has 2 N–H and O–H groups in total. The molecule has 2 rings (SSSR count). The number of thiophene rings is 1. The Bertz CT molecular complexity index is 403. The minimum absolute atomic E-state index is 0.430. The van der Waals surface area contributed by atoms with Gasteiger partial charge in [0.05, 0.1) is 6.54 Å². The Balaban J connectivity index is 1.85. The Morgan fingerprint density at radius 1 is 1.44 bits per heavy atom. The predicted octanol–water partition coefficient (Wildman–Crippen LogP) is 1.33. The van der Waals surface area contributed by atoms with Crippen LogP contribution in [0.4, 0.5) is 0 Å². The molecule has 1 aromatic rings. The Hall–Kier alpha value is -1.36. The van der Waals surface area contributed by atoms with Crippen LogP contribution < -0.4 is 5.32 Å². The zero-order valence-electron chi connectivity index (χ0n) is 8.78. The Morgan fingerprint density at radius 2 is 2.25 bits per heavy atom. The quantitative estimate of drug-likeness (QED) is 0.779. The van der Waals surface area contributed by atoms with Gasteiger partial charge in [-0.15, -0.1) is 11.3 Å². The highest BCUT2D eigenvalue weighted by Gasteiger charge is 2.15. The van der Waals surface area contributed by atoms with Gasteiger partial charge in [0.25, 0.3) is 0 Å². The largest absolute Gasteiger partial charge is 0.481 e. The first kappa shape index (κ1) is 11.1. The van der Waals surface area contributed by atoms with Crippen molar-refractivity contribution in [3.8, 4) is 0 Å². The first-order valence-corrected chi connectivity index (χ1v) is 6.06. The molecule has 0 bridgehead atoms. The van der Waals surface area contributed by atoms with Gasteiger partial charge in [-0.3, -0.25) is 9.59 Å². The van der Waals surface area contributed by atoms with Crippen molar-refractivity contribution in [1.82, 2.24) is 5.32 Å². The van der Waals surface area contributed by atoms with Crippen molar-refractivity contribution >= 4 is 23.2 Å². The minimum atomic E-state index is -1.09. The summed E-state index contributed by atoms with van der Waals surface area (Å²) in [6, 6.07) is 2.12. The summed E-state index contributed by atoms with van der Waals surface area (Å²) in [7, 11) is 0. The van der Waals surface area contributed by atoms with E-state index in [9.17, 15) is 9.59 Å². The number of hydrogen-bond donors (Lipinski definition) is 2. The summed E-state index contributed by atoms with van der Waals surface area (Å²) < 4.78 is 0. The molecule has 1 amide bonds.